The fourth-order valence-corrected chi connectivity index (χ4v) is 3.66. The van der Waals surface area contributed by atoms with Crippen molar-refractivity contribution >= 4 is 34.8 Å². The van der Waals surface area contributed by atoms with Crippen LogP contribution in [0.25, 0.3) is 0 Å². The lowest BCUT2D eigenvalue weighted by molar-refractivity contribution is -0.118. The summed E-state index contributed by atoms with van der Waals surface area (Å²) in [5.41, 5.74) is 1.59. The van der Waals surface area contributed by atoms with Crippen molar-refractivity contribution in [1.82, 2.24) is 4.90 Å². The Morgan fingerprint density at radius 3 is 2.35 bits per heavy atom. The van der Waals surface area contributed by atoms with Gasteiger partial charge in [0.25, 0.3) is 5.91 Å². The van der Waals surface area contributed by atoms with E-state index in [9.17, 15) is 9.59 Å². The molecule has 2 amide bonds. The molecule has 9 heteroatoms. The minimum Gasteiger partial charge on any atom is -0.493 e. The number of hydrogen-bond donors (Lipinski definition) is 2. The van der Waals surface area contributed by atoms with Crippen molar-refractivity contribution in [1.29, 1.82) is 0 Å². The Hall–Kier alpha value is -2.81. The summed E-state index contributed by atoms with van der Waals surface area (Å²) < 4.78 is 16.5. The number of benzene rings is 2. The second kappa shape index (κ2) is 12.6. The Labute approximate surface area is 205 Å². The molecule has 2 aromatic rings. The number of carbonyl (C=O) groups is 2. The first-order valence-electron chi connectivity index (χ1n) is 11.4. The molecular weight excluding hydrogens is 458 g/mol. The van der Waals surface area contributed by atoms with Gasteiger partial charge in [0, 0.05) is 30.0 Å². The predicted molar refractivity (Wildman–Crippen MR) is 133 cm³/mol. The summed E-state index contributed by atoms with van der Waals surface area (Å²) in [5, 5.41) is 6.02. The van der Waals surface area contributed by atoms with Gasteiger partial charge >= 0.3 is 0 Å². The van der Waals surface area contributed by atoms with Gasteiger partial charge in [0.1, 0.15) is 0 Å². The van der Waals surface area contributed by atoms with E-state index in [1.807, 2.05) is 4.90 Å². The van der Waals surface area contributed by atoms with Gasteiger partial charge in [-0.05, 0) is 48.7 Å². The maximum atomic E-state index is 12.8. The molecule has 184 valence electrons. The molecule has 0 atom stereocenters. The molecule has 8 nitrogen and oxygen atoms in total. The molecule has 0 unspecified atom stereocenters. The summed E-state index contributed by atoms with van der Waals surface area (Å²) in [6, 6.07) is 10.1. The average molecular weight is 490 g/mol. The van der Waals surface area contributed by atoms with Crippen LogP contribution < -0.4 is 20.1 Å². The van der Waals surface area contributed by atoms with E-state index in [-0.39, 0.29) is 11.8 Å². The van der Waals surface area contributed by atoms with Gasteiger partial charge in [-0.15, -0.1) is 0 Å². The quantitative estimate of drug-likeness (QED) is 0.517. The molecule has 1 heterocycles. The number of ether oxygens (including phenoxy) is 3. The highest BCUT2D eigenvalue weighted by Gasteiger charge is 2.17. The predicted octanol–water partition coefficient (Wildman–Crippen LogP) is 4.30. The molecule has 1 aliphatic heterocycles. The van der Waals surface area contributed by atoms with E-state index in [0.29, 0.717) is 65.7 Å². The van der Waals surface area contributed by atoms with Crippen molar-refractivity contribution < 1.29 is 23.8 Å². The van der Waals surface area contributed by atoms with Crippen LogP contribution in [0.15, 0.2) is 36.4 Å². The highest BCUT2D eigenvalue weighted by atomic mass is 35.5. The van der Waals surface area contributed by atoms with E-state index in [0.717, 1.165) is 19.5 Å². The van der Waals surface area contributed by atoms with Crippen molar-refractivity contribution in [3.8, 4) is 11.5 Å². The number of morpholine rings is 1. The van der Waals surface area contributed by atoms with Crippen molar-refractivity contribution in [3.63, 3.8) is 0 Å². The average Bonchev–Trinajstić information content (AvgIpc) is 2.81. The van der Waals surface area contributed by atoms with E-state index >= 15 is 0 Å². The Kier molecular flexibility index (Phi) is 9.56. The van der Waals surface area contributed by atoms with Gasteiger partial charge < -0.3 is 24.8 Å². The van der Waals surface area contributed by atoms with E-state index in [2.05, 4.69) is 24.5 Å². The lowest BCUT2D eigenvalue weighted by Crippen LogP contribution is -2.41. The molecular formula is C25H32ClN3O5. The summed E-state index contributed by atoms with van der Waals surface area (Å²) >= 11 is 6.38. The van der Waals surface area contributed by atoms with Crippen LogP contribution in [0.4, 0.5) is 11.4 Å². The van der Waals surface area contributed by atoms with Crippen LogP contribution in [0.1, 0.15) is 30.6 Å². The lowest BCUT2D eigenvalue weighted by atomic mass is 10.1. The van der Waals surface area contributed by atoms with Crippen LogP contribution in [0.2, 0.25) is 5.02 Å². The number of carbonyl (C=O) groups excluding carboxylic acids is 2. The third-order valence-electron chi connectivity index (χ3n) is 5.33. The second-order valence-corrected chi connectivity index (χ2v) is 8.90. The summed E-state index contributed by atoms with van der Waals surface area (Å²) in [6.07, 6.45) is 0.880. The molecule has 3 rings (SSSR count). The third-order valence-corrected chi connectivity index (χ3v) is 5.61. The van der Waals surface area contributed by atoms with Crippen LogP contribution in [-0.2, 0) is 9.53 Å². The van der Waals surface area contributed by atoms with Crippen molar-refractivity contribution in [3.05, 3.63) is 47.0 Å². The normalized spacial score (nSPS) is 14.0. The van der Waals surface area contributed by atoms with Crippen LogP contribution in [-0.4, -0.2) is 63.3 Å². The van der Waals surface area contributed by atoms with Gasteiger partial charge in [0.05, 0.1) is 38.5 Å². The summed E-state index contributed by atoms with van der Waals surface area (Å²) in [7, 11) is 1.51. The zero-order chi connectivity index (χ0) is 24.5. The molecule has 1 aliphatic rings. The van der Waals surface area contributed by atoms with Crippen molar-refractivity contribution in [2.24, 2.45) is 5.92 Å². The van der Waals surface area contributed by atoms with E-state index in [4.69, 9.17) is 25.8 Å². The van der Waals surface area contributed by atoms with Gasteiger partial charge in [-0.1, -0.05) is 25.4 Å². The van der Waals surface area contributed by atoms with Crippen molar-refractivity contribution in [2.75, 3.05) is 57.2 Å². The maximum absolute atomic E-state index is 12.8. The minimum absolute atomic E-state index is 0.0869. The van der Waals surface area contributed by atoms with Gasteiger partial charge in [0.15, 0.2) is 11.5 Å². The number of amides is 2. The van der Waals surface area contributed by atoms with Crippen LogP contribution in [0, 0.1) is 5.92 Å². The molecule has 0 radical (unpaired) electrons. The van der Waals surface area contributed by atoms with Crippen molar-refractivity contribution in [2.45, 2.75) is 20.3 Å². The number of anilines is 2. The summed E-state index contributed by atoms with van der Waals surface area (Å²) in [6.45, 7) is 7.84. The molecule has 2 aromatic carbocycles. The van der Waals surface area contributed by atoms with Crippen LogP contribution >= 0.6 is 11.6 Å². The standard InChI is InChI=1S/C25H32ClN3O5/c1-17(2)8-11-34-24-21(26)14-18(15-22(24)32-3)25(31)28-20-6-4-19(5-7-20)27-23(30)16-29-9-12-33-13-10-29/h4-7,14-15,17H,8-13,16H2,1-3H3,(H,27,30)(H,28,31). The number of halogens is 1. The molecule has 0 saturated carbocycles. The maximum Gasteiger partial charge on any atom is 0.255 e. The first-order valence-corrected chi connectivity index (χ1v) is 11.7. The molecule has 2 N–H and O–H groups in total. The fourth-order valence-electron chi connectivity index (χ4n) is 3.39. The Morgan fingerprint density at radius 1 is 1.09 bits per heavy atom. The molecule has 0 aromatic heterocycles. The number of rotatable bonds is 10. The van der Waals surface area contributed by atoms with Gasteiger partial charge in [-0.3, -0.25) is 14.5 Å². The SMILES string of the molecule is COc1cc(C(=O)Nc2ccc(NC(=O)CN3CCOCC3)cc2)cc(Cl)c1OCCC(C)C. The Morgan fingerprint density at radius 2 is 1.74 bits per heavy atom. The van der Waals surface area contributed by atoms with Crippen LogP contribution in [0.5, 0.6) is 11.5 Å². The highest BCUT2D eigenvalue weighted by molar-refractivity contribution is 6.32. The monoisotopic (exact) mass is 489 g/mol. The Bertz CT molecular complexity index is 975. The smallest absolute Gasteiger partial charge is 0.255 e. The Balaban J connectivity index is 1.58. The lowest BCUT2D eigenvalue weighted by Gasteiger charge is -2.25. The minimum atomic E-state index is -0.335. The van der Waals surface area contributed by atoms with E-state index in [1.165, 1.54) is 7.11 Å². The highest BCUT2D eigenvalue weighted by Crippen LogP contribution is 2.37. The first-order chi connectivity index (χ1) is 16.4. The first kappa shape index (κ1) is 25.8. The number of nitrogens with one attached hydrogen (secondary N) is 2. The molecule has 34 heavy (non-hydrogen) atoms. The third kappa shape index (κ3) is 7.62. The molecule has 1 saturated heterocycles. The fraction of sp³-hybridized carbons (Fsp3) is 0.440. The number of hydrogen-bond acceptors (Lipinski definition) is 6. The zero-order valence-electron chi connectivity index (χ0n) is 19.9. The molecule has 0 bridgehead atoms. The number of nitrogens with zero attached hydrogens (tertiary/aromatic N) is 1. The van der Waals surface area contributed by atoms with E-state index < -0.39 is 0 Å². The largest absolute Gasteiger partial charge is 0.493 e. The van der Waals surface area contributed by atoms with E-state index in [1.54, 1.807) is 36.4 Å². The summed E-state index contributed by atoms with van der Waals surface area (Å²) in [4.78, 5) is 27.1. The van der Waals surface area contributed by atoms with Crippen LogP contribution in [0.3, 0.4) is 0 Å². The van der Waals surface area contributed by atoms with Gasteiger partial charge in [0.2, 0.25) is 5.91 Å². The summed E-state index contributed by atoms with van der Waals surface area (Å²) in [5.74, 6) is 0.909. The zero-order valence-corrected chi connectivity index (χ0v) is 20.6. The molecule has 1 fully saturated rings. The van der Waals surface area contributed by atoms with Gasteiger partial charge in [-0.2, -0.15) is 0 Å². The number of methoxy groups -OCH3 is 1. The second-order valence-electron chi connectivity index (χ2n) is 8.49. The van der Waals surface area contributed by atoms with Gasteiger partial charge in [-0.25, -0.2) is 0 Å². The molecule has 0 spiro atoms. The topological polar surface area (TPSA) is 89.1 Å². The molecule has 0 aliphatic carbocycles.